The highest BCUT2D eigenvalue weighted by molar-refractivity contribution is 6.36. The predicted octanol–water partition coefficient (Wildman–Crippen LogP) is 3.72. The average Bonchev–Trinajstić information content (AvgIpc) is 3.04. The molecule has 3 aromatic rings. The second-order valence-corrected chi connectivity index (χ2v) is 6.65. The van der Waals surface area contributed by atoms with Gasteiger partial charge in [-0.3, -0.25) is 4.79 Å². The Labute approximate surface area is 177 Å². The van der Waals surface area contributed by atoms with Gasteiger partial charge in [0, 0.05) is 19.7 Å². The molecule has 2 aromatic heterocycles. The van der Waals surface area contributed by atoms with Crippen LogP contribution in [0.25, 0.3) is 10.9 Å². The fourth-order valence-electron chi connectivity index (χ4n) is 3.08. The summed E-state index contributed by atoms with van der Waals surface area (Å²) in [6, 6.07) is 9.38. The van der Waals surface area contributed by atoms with Crippen molar-refractivity contribution in [2.24, 2.45) is 0 Å². The molecule has 9 heteroatoms. The first kappa shape index (κ1) is 21.1. The largest absolute Gasteiger partial charge is 0.497 e. The molecule has 0 bridgehead atoms. The minimum Gasteiger partial charge on any atom is -0.497 e. The van der Waals surface area contributed by atoms with Crippen molar-refractivity contribution in [3.8, 4) is 17.6 Å². The lowest BCUT2D eigenvalue weighted by atomic mass is 10.1. The van der Waals surface area contributed by atoms with Crippen molar-refractivity contribution in [3.05, 3.63) is 52.4 Å². The van der Waals surface area contributed by atoms with Gasteiger partial charge in [-0.25, -0.2) is 9.78 Å². The van der Waals surface area contributed by atoms with Crippen LogP contribution in [0, 0.1) is 11.3 Å². The number of hydrogen-bond donors (Lipinski definition) is 0. The summed E-state index contributed by atoms with van der Waals surface area (Å²) in [5.74, 6) is -0.933. The van der Waals surface area contributed by atoms with Gasteiger partial charge in [-0.2, -0.15) is 5.26 Å². The van der Waals surface area contributed by atoms with Crippen molar-refractivity contribution >= 4 is 34.4 Å². The van der Waals surface area contributed by atoms with Crippen LogP contribution in [0.5, 0.6) is 11.5 Å². The van der Waals surface area contributed by atoms with E-state index in [1.807, 2.05) is 30.3 Å². The molecule has 0 unspecified atom stereocenters. The van der Waals surface area contributed by atoms with Crippen LogP contribution < -0.4 is 9.47 Å². The number of methoxy groups -OCH3 is 1. The minimum absolute atomic E-state index is 0.0428. The summed E-state index contributed by atoms with van der Waals surface area (Å²) < 4.78 is 17.2. The molecule has 154 valence electrons. The zero-order valence-electron chi connectivity index (χ0n) is 16.6. The number of fused-ring (bicyclic) bond motifs is 1. The Morgan fingerprint density at radius 1 is 1.33 bits per heavy atom. The number of carbonyl (C=O) groups is 2. The molecule has 0 radical (unpaired) electrons. The lowest BCUT2D eigenvalue weighted by Crippen LogP contribution is -2.14. The van der Waals surface area contributed by atoms with Crippen molar-refractivity contribution in [3.63, 3.8) is 0 Å². The molecule has 0 saturated heterocycles. The fourth-order valence-corrected chi connectivity index (χ4v) is 3.37. The molecule has 0 aliphatic rings. The van der Waals surface area contributed by atoms with Gasteiger partial charge >= 0.3 is 11.9 Å². The molecule has 2 heterocycles. The number of esters is 2. The summed E-state index contributed by atoms with van der Waals surface area (Å²) in [6.45, 7) is 3.25. The first-order valence-electron chi connectivity index (χ1n) is 9.00. The molecule has 0 atom stereocenters. The number of pyridine rings is 1. The van der Waals surface area contributed by atoms with Gasteiger partial charge in [-0.15, -0.1) is 0 Å². The van der Waals surface area contributed by atoms with Gasteiger partial charge in [0.1, 0.15) is 11.8 Å². The summed E-state index contributed by atoms with van der Waals surface area (Å²) in [4.78, 5) is 28.2. The number of ether oxygens (including phenoxy) is 3. The molecule has 0 amide bonds. The van der Waals surface area contributed by atoms with Gasteiger partial charge in [0.25, 0.3) is 0 Å². The maximum Gasteiger partial charge on any atom is 0.360 e. The van der Waals surface area contributed by atoms with E-state index in [2.05, 4.69) is 4.98 Å². The highest BCUT2D eigenvalue weighted by Crippen LogP contribution is 2.38. The first-order valence-corrected chi connectivity index (χ1v) is 9.38. The van der Waals surface area contributed by atoms with Crippen LogP contribution in [-0.2, 0) is 16.1 Å². The van der Waals surface area contributed by atoms with E-state index in [0.29, 0.717) is 17.8 Å². The van der Waals surface area contributed by atoms with E-state index in [-0.39, 0.29) is 34.2 Å². The van der Waals surface area contributed by atoms with Crippen LogP contribution in [0.1, 0.15) is 35.6 Å². The minimum atomic E-state index is -0.816. The lowest BCUT2D eigenvalue weighted by Gasteiger charge is -2.12. The topological polar surface area (TPSA) is 103 Å². The Morgan fingerprint density at radius 3 is 2.73 bits per heavy atom. The molecule has 0 aliphatic carbocycles. The summed E-state index contributed by atoms with van der Waals surface area (Å²) in [5, 5.41) is 10.1. The third-order valence-corrected chi connectivity index (χ3v) is 4.52. The van der Waals surface area contributed by atoms with Crippen molar-refractivity contribution < 1.29 is 23.8 Å². The Morgan fingerprint density at radius 2 is 2.10 bits per heavy atom. The number of halogens is 1. The van der Waals surface area contributed by atoms with Gasteiger partial charge < -0.3 is 18.8 Å². The third kappa shape index (κ3) is 4.07. The molecule has 30 heavy (non-hydrogen) atoms. The summed E-state index contributed by atoms with van der Waals surface area (Å²) in [7, 11) is 1.57. The van der Waals surface area contributed by atoms with E-state index in [1.165, 1.54) is 6.92 Å². The van der Waals surface area contributed by atoms with Crippen LogP contribution in [0.4, 0.5) is 0 Å². The molecule has 0 aliphatic heterocycles. The summed E-state index contributed by atoms with van der Waals surface area (Å²) >= 11 is 6.45. The van der Waals surface area contributed by atoms with Crippen molar-refractivity contribution in [2.75, 3.05) is 13.7 Å². The predicted molar refractivity (Wildman–Crippen MR) is 109 cm³/mol. The van der Waals surface area contributed by atoms with Crippen LogP contribution >= 0.6 is 11.6 Å². The van der Waals surface area contributed by atoms with Crippen molar-refractivity contribution in [2.45, 2.75) is 20.4 Å². The third-order valence-electron chi connectivity index (χ3n) is 4.23. The highest BCUT2D eigenvalue weighted by atomic mass is 35.5. The zero-order chi connectivity index (χ0) is 21.8. The number of nitrogens with zero attached hydrogens (tertiary/aromatic N) is 3. The summed E-state index contributed by atoms with van der Waals surface area (Å²) in [6.07, 6.45) is 1.59. The summed E-state index contributed by atoms with van der Waals surface area (Å²) in [5.41, 5.74) is 0.904. The Bertz CT molecular complexity index is 1180. The fraction of sp³-hybridized carbons (Fsp3) is 0.238. The number of carbonyl (C=O) groups excluding carboxylic acids is 2. The molecule has 0 fully saturated rings. The van der Waals surface area contributed by atoms with Crippen molar-refractivity contribution in [1.82, 2.24) is 9.55 Å². The van der Waals surface area contributed by atoms with Gasteiger partial charge in [-0.1, -0.05) is 23.7 Å². The maximum atomic E-state index is 12.4. The van der Waals surface area contributed by atoms with Crippen LogP contribution in [0.2, 0.25) is 5.02 Å². The number of aromatic nitrogens is 2. The molecular weight excluding hydrogens is 410 g/mol. The molecule has 0 saturated carbocycles. The first-order chi connectivity index (χ1) is 14.4. The monoisotopic (exact) mass is 427 g/mol. The smallest absolute Gasteiger partial charge is 0.360 e. The molecule has 0 N–H and O–H groups in total. The Balaban J connectivity index is 2.25. The lowest BCUT2D eigenvalue weighted by molar-refractivity contribution is -0.131. The molecule has 1 aromatic carbocycles. The van der Waals surface area contributed by atoms with E-state index >= 15 is 0 Å². The zero-order valence-corrected chi connectivity index (χ0v) is 17.3. The van der Waals surface area contributed by atoms with Gasteiger partial charge in [-0.05, 0) is 24.6 Å². The quantitative estimate of drug-likeness (QED) is 0.552. The number of nitriles is 1. The van der Waals surface area contributed by atoms with Crippen LogP contribution in [-0.4, -0.2) is 35.2 Å². The Kier molecular flexibility index (Phi) is 6.23. The van der Waals surface area contributed by atoms with Crippen LogP contribution in [0.15, 0.2) is 30.5 Å². The SMILES string of the molecule is CCOC(=O)c1nc(C#N)c2c(c(Cl)cn2Cc2cccc(OC)c2)c1OC(C)=O. The van der Waals surface area contributed by atoms with Gasteiger partial charge in [0.05, 0.1) is 29.6 Å². The Hall–Kier alpha value is -3.57. The maximum absolute atomic E-state index is 12.4. The van der Waals surface area contributed by atoms with E-state index in [1.54, 1.807) is 24.8 Å². The van der Waals surface area contributed by atoms with Gasteiger partial charge in [0.15, 0.2) is 17.1 Å². The second kappa shape index (κ2) is 8.84. The number of hydrogen-bond acceptors (Lipinski definition) is 7. The number of rotatable bonds is 6. The second-order valence-electron chi connectivity index (χ2n) is 6.24. The molecule has 0 spiro atoms. The van der Waals surface area contributed by atoms with Crippen LogP contribution in [0.3, 0.4) is 0 Å². The normalized spacial score (nSPS) is 10.5. The average molecular weight is 428 g/mol. The standard InChI is InChI=1S/C21H18ClN3O5/c1-4-29-21(27)18-20(30-12(2)26)17-15(22)11-25(19(17)16(9-23)24-18)10-13-6-5-7-14(8-13)28-3/h5-8,11H,4,10H2,1-3H3. The van der Waals surface area contributed by atoms with Gasteiger partial charge in [0.2, 0.25) is 0 Å². The molecular formula is C21H18ClN3O5. The molecule has 8 nitrogen and oxygen atoms in total. The van der Waals surface area contributed by atoms with E-state index in [4.69, 9.17) is 25.8 Å². The number of benzene rings is 1. The molecule has 3 rings (SSSR count). The van der Waals surface area contributed by atoms with E-state index < -0.39 is 11.9 Å². The van der Waals surface area contributed by atoms with Crippen molar-refractivity contribution in [1.29, 1.82) is 5.26 Å². The highest BCUT2D eigenvalue weighted by Gasteiger charge is 2.27. The van der Waals surface area contributed by atoms with E-state index in [9.17, 15) is 14.9 Å². The van der Waals surface area contributed by atoms with E-state index in [0.717, 1.165) is 5.56 Å².